The quantitative estimate of drug-likeness (QED) is 0.751. The van der Waals surface area contributed by atoms with Crippen molar-refractivity contribution in [3.8, 4) is 0 Å². The highest BCUT2D eigenvalue weighted by Gasteiger charge is 2.21. The average Bonchev–Trinajstić information content (AvgIpc) is 3.25. The first-order valence-electron chi connectivity index (χ1n) is 7.18. The van der Waals surface area contributed by atoms with Crippen molar-refractivity contribution in [2.75, 3.05) is 5.32 Å². The third kappa shape index (κ3) is 2.87. The van der Waals surface area contributed by atoms with Crippen LogP contribution in [-0.2, 0) is 6.54 Å². The Morgan fingerprint density at radius 3 is 2.76 bits per heavy atom. The van der Waals surface area contributed by atoms with Gasteiger partial charge in [-0.3, -0.25) is 0 Å². The molecule has 2 aromatic carbocycles. The summed E-state index contributed by atoms with van der Waals surface area (Å²) in [5, 5.41) is 16.9. The lowest BCUT2D eigenvalue weighted by molar-refractivity contribution is 0.478. The van der Waals surface area contributed by atoms with Gasteiger partial charge < -0.3 is 15.1 Å². The fourth-order valence-electron chi connectivity index (χ4n) is 2.29. The molecule has 4 rings (SSSR count). The maximum Gasteiger partial charge on any atom is 0.320 e. The van der Waals surface area contributed by atoms with Crippen molar-refractivity contribution in [3.63, 3.8) is 0 Å². The average molecular weight is 280 g/mol. The largest absolute Gasteiger partial charge is 0.406 e. The monoisotopic (exact) mass is 280 g/mol. The van der Waals surface area contributed by atoms with Crippen molar-refractivity contribution in [3.05, 3.63) is 48.4 Å². The zero-order valence-corrected chi connectivity index (χ0v) is 11.5. The van der Waals surface area contributed by atoms with Crippen molar-refractivity contribution in [2.45, 2.75) is 25.4 Å². The van der Waals surface area contributed by atoms with Crippen molar-refractivity contribution in [2.24, 2.45) is 0 Å². The third-order valence-corrected chi connectivity index (χ3v) is 3.59. The van der Waals surface area contributed by atoms with Gasteiger partial charge in [-0.2, -0.15) is 0 Å². The van der Waals surface area contributed by atoms with Gasteiger partial charge in [-0.15, -0.1) is 5.10 Å². The summed E-state index contributed by atoms with van der Waals surface area (Å²) in [4.78, 5) is 0. The summed E-state index contributed by atoms with van der Waals surface area (Å²) in [7, 11) is 0. The first-order valence-corrected chi connectivity index (χ1v) is 7.18. The van der Waals surface area contributed by atoms with E-state index in [1.807, 2.05) is 18.2 Å². The summed E-state index contributed by atoms with van der Waals surface area (Å²) < 4.78 is 5.58. The van der Waals surface area contributed by atoms with Crippen molar-refractivity contribution >= 4 is 22.5 Å². The molecule has 5 nitrogen and oxygen atoms in total. The molecule has 21 heavy (non-hydrogen) atoms. The Morgan fingerprint density at radius 1 is 1.05 bits per heavy atom. The number of nitrogens with zero attached hydrogens (tertiary/aromatic N) is 2. The maximum absolute atomic E-state index is 5.58. The van der Waals surface area contributed by atoms with Gasteiger partial charge in [0, 0.05) is 11.7 Å². The van der Waals surface area contributed by atoms with Gasteiger partial charge in [0.1, 0.15) is 0 Å². The van der Waals surface area contributed by atoms with Gasteiger partial charge >= 0.3 is 6.01 Å². The number of fused-ring (bicyclic) bond motifs is 1. The molecule has 3 aromatic rings. The van der Waals surface area contributed by atoms with Crippen molar-refractivity contribution in [1.29, 1.82) is 0 Å². The Hall–Kier alpha value is -2.40. The predicted octanol–water partition coefficient (Wildman–Crippen LogP) is 3.22. The lowest BCUT2D eigenvalue weighted by Crippen LogP contribution is -2.15. The molecule has 0 spiro atoms. The molecule has 5 heteroatoms. The molecule has 0 saturated heterocycles. The second-order valence-electron chi connectivity index (χ2n) is 5.34. The first-order chi connectivity index (χ1) is 10.4. The Morgan fingerprint density at radius 2 is 1.90 bits per heavy atom. The summed E-state index contributed by atoms with van der Waals surface area (Å²) in [5.74, 6) is 0.616. The SMILES string of the molecule is c1ccc2cc(Nc3nnc(CNC4CC4)o3)ccc2c1. The summed E-state index contributed by atoms with van der Waals surface area (Å²) in [5.41, 5.74) is 0.944. The van der Waals surface area contributed by atoms with E-state index in [0.717, 1.165) is 5.69 Å². The zero-order chi connectivity index (χ0) is 14.1. The standard InChI is InChI=1S/C16H16N4O/c1-2-4-12-9-14(6-5-11(12)3-1)18-16-20-19-15(21-16)10-17-13-7-8-13/h1-6,9,13,17H,7-8,10H2,(H,18,20). The van der Waals surface area contributed by atoms with Crippen molar-refractivity contribution in [1.82, 2.24) is 15.5 Å². The van der Waals surface area contributed by atoms with Gasteiger partial charge in [-0.25, -0.2) is 0 Å². The van der Waals surface area contributed by atoms with Crippen LogP contribution in [0.15, 0.2) is 46.9 Å². The van der Waals surface area contributed by atoms with Gasteiger partial charge in [0.05, 0.1) is 6.54 Å². The van der Waals surface area contributed by atoms with E-state index in [2.05, 4.69) is 45.1 Å². The Balaban J connectivity index is 1.48. The van der Waals surface area contributed by atoms with Crippen LogP contribution in [0.2, 0.25) is 0 Å². The smallest absolute Gasteiger partial charge is 0.320 e. The van der Waals surface area contributed by atoms with Crippen LogP contribution in [0.25, 0.3) is 10.8 Å². The van der Waals surface area contributed by atoms with Gasteiger partial charge in [-0.1, -0.05) is 35.4 Å². The highest BCUT2D eigenvalue weighted by atomic mass is 16.4. The molecule has 1 saturated carbocycles. The minimum absolute atomic E-state index is 0.429. The molecule has 1 aliphatic carbocycles. The number of rotatable bonds is 5. The van der Waals surface area contributed by atoms with Gasteiger partial charge in [-0.05, 0) is 35.7 Å². The van der Waals surface area contributed by atoms with Gasteiger partial charge in [0.15, 0.2) is 0 Å². The van der Waals surface area contributed by atoms with Crippen LogP contribution in [0.5, 0.6) is 0 Å². The molecular weight excluding hydrogens is 264 g/mol. The fraction of sp³-hybridized carbons (Fsp3) is 0.250. The first kappa shape index (κ1) is 12.3. The van der Waals surface area contributed by atoms with E-state index in [1.54, 1.807) is 0 Å². The molecule has 0 amide bonds. The van der Waals surface area contributed by atoms with Crippen molar-refractivity contribution < 1.29 is 4.42 Å². The van der Waals surface area contributed by atoms with Crippen LogP contribution in [-0.4, -0.2) is 16.2 Å². The lowest BCUT2D eigenvalue weighted by atomic mass is 10.1. The van der Waals surface area contributed by atoms with E-state index < -0.39 is 0 Å². The number of nitrogens with one attached hydrogen (secondary N) is 2. The van der Waals surface area contributed by atoms with Gasteiger partial charge in [0.2, 0.25) is 5.89 Å². The Kier molecular flexibility index (Phi) is 3.05. The second-order valence-corrected chi connectivity index (χ2v) is 5.34. The Bertz CT molecular complexity index is 764. The minimum Gasteiger partial charge on any atom is -0.406 e. The number of hydrogen-bond acceptors (Lipinski definition) is 5. The molecule has 0 atom stereocenters. The molecule has 1 aliphatic rings. The minimum atomic E-state index is 0.429. The normalized spacial score (nSPS) is 14.5. The molecule has 0 radical (unpaired) electrons. The van der Waals surface area contributed by atoms with E-state index in [0.29, 0.717) is 24.5 Å². The summed E-state index contributed by atoms with van der Waals surface area (Å²) in [6.07, 6.45) is 2.49. The van der Waals surface area contributed by atoms with Gasteiger partial charge in [0.25, 0.3) is 0 Å². The predicted molar refractivity (Wildman–Crippen MR) is 81.4 cm³/mol. The molecule has 1 fully saturated rings. The number of aromatic nitrogens is 2. The highest BCUT2D eigenvalue weighted by molar-refractivity contribution is 5.86. The van der Waals surface area contributed by atoms with Crippen LogP contribution in [0.1, 0.15) is 18.7 Å². The molecular formula is C16H16N4O. The Labute approximate surface area is 122 Å². The molecule has 1 aromatic heterocycles. The number of anilines is 2. The topological polar surface area (TPSA) is 63.0 Å². The number of benzene rings is 2. The maximum atomic E-state index is 5.58. The molecule has 0 unspecified atom stereocenters. The van der Waals surface area contributed by atoms with E-state index in [4.69, 9.17) is 4.42 Å². The zero-order valence-electron chi connectivity index (χ0n) is 11.5. The molecule has 0 aliphatic heterocycles. The van der Waals surface area contributed by atoms with E-state index in [1.165, 1.54) is 23.6 Å². The van der Waals surface area contributed by atoms with E-state index in [-0.39, 0.29) is 0 Å². The fourth-order valence-corrected chi connectivity index (χ4v) is 2.29. The highest BCUT2D eigenvalue weighted by Crippen LogP contribution is 2.22. The van der Waals surface area contributed by atoms with Crippen LogP contribution in [0.4, 0.5) is 11.7 Å². The van der Waals surface area contributed by atoms with Crippen LogP contribution in [0.3, 0.4) is 0 Å². The summed E-state index contributed by atoms with van der Waals surface area (Å²) in [6, 6.07) is 15.5. The molecule has 106 valence electrons. The second kappa shape index (κ2) is 5.18. The third-order valence-electron chi connectivity index (χ3n) is 3.59. The van der Waals surface area contributed by atoms with E-state index in [9.17, 15) is 0 Å². The van der Waals surface area contributed by atoms with Crippen LogP contribution >= 0.6 is 0 Å². The lowest BCUT2D eigenvalue weighted by Gasteiger charge is -2.03. The van der Waals surface area contributed by atoms with E-state index >= 15 is 0 Å². The summed E-state index contributed by atoms with van der Waals surface area (Å²) >= 11 is 0. The molecule has 1 heterocycles. The molecule has 0 bridgehead atoms. The van der Waals surface area contributed by atoms with Crippen LogP contribution in [0, 0.1) is 0 Å². The summed E-state index contributed by atoms with van der Waals surface area (Å²) in [6.45, 7) is 0.636. The van der Waals surface area contributed by atoms with Crippen LogP contribution < -0.4 is 10.6 Å². The molecule has 2 N–H and O–H groups in total. The number of hydrogen-bond donors (Lipinski definition) is 2.